The highest BCUT2D eigenvalue weighted by Gasteiger charge is 2.11. The standard InChI is InChI=1S/C9H14N2O/c1-6-5-8(3-4-11-6)9(10)7(2)12/h3-5,7,9,12H,10H2,1-2H3/t7-,9-/m0/s1. The molecular formula is C9H14N2O. The maximum Gasteiger partial charge on any atom is 0.0704 e. The van der Waals surface area contributed by atoms with Crippen LogP contribution < -0.4 is 5.73 Å². The molecule has 2 atom stereocenters. The highest BCUT2D eigenvalue weighted by Crippen LogP contribution is 2.13. The average molecular weight is 166 g/mol. The van der Waals surface area contributed by atoms with Crippen LogP contribution in [0.15, 0.2) is 18.3 Å². The van der Waals surface area contributed by atoms with Crippen LogP contribution in [0.5, 0.6) is 0 Å². The molecule has 1 rings (SSSR count). The molecule has 0 aromatic carbocycles. The lowest BCUT2D eigenvalue weighted by Gasteiger charge is -2.14. The third-order valence-corrected chi connectivity index (χ3v) is 1.83. The number of aryl methyl sites for hydroxylation is 1. The second-order valence-corrected chi connectivity index (χ2v) is 3.00. The van der Waals surface area contributed by atoms with Gasteiger partial charge in [0.05, 0.1) is 12.1 Å². The molecule has 0 fully saturated rings. The summed E-state index contributed by atoms with van der Waals surface area (Å²) in [5.74, 6) is 0. The molecule has 66 valence electrons. The molecule has 0 amide bonds. The van der Waals surface area contributed by atoms with E-state index < -0.39 is 6.10 Å². The molecule has 0 unspecified atom stereocenters. The summed E-state index contributed by atoms with van der Waals surface area (Å²) in [4.78, 5) is 4.04. The molecule has 3 N–H and O–H groups in total. The van der Waals surface area contributed by atoms with E-state index in [0.717, 1.165) is 11.3 Å². The average Bonchev–Trinajstić information content (AvgIpc) is 2.03. The van der Waals surface area contributed by atoms with Gasteiger partial charge in [-0.15, -0.1) is 0 Å². The molecule has 0 aliphatic rings. The Labute approximate surface area is 72.2 Å². The summed E-state index contributed by atoms with van der Waals surface area (Å²) in [7, 11) is 0. The number of aliphatic hydroxyl groups is 1. The van der Waals surface area contributed by atoms with Crippen LogP contribution in [0.1, 0.15) is 24.2 Å². The Morgan fingerprint density at radius 2 is 2.25 bits per heavy atom. The number of nitrogens with two attached hydrogens (primary N) is 1. The van der Waals surface area contributed by atoms with Gasteiger partial charge in [0.2, 0.25) is 0 Å². The van der Waals surface area contributed by atoms with Crippen molar-refractivity contribution >= 4 is 0 Å². The van der Waals surface area contributed by atoms with E-state index in [1.807, 2.05) is 19.1 Å². The minimum Gasteiger partial charge on any atom is -0.391 e. The Balaban J connectivity index is 2.88. The number of aliphatic hydroxyl groups excluding tert-OH is 1. The lowest BCUT2D eigenvalue weighted by Crippen LogP contribution is -2.23. The van der Waals surface area contributed by atoms with Crippen molar-refractivity contribution in [1.82, 2.24) is 4.98 Å². The molecule has 1 heterocycles. The molecule has 3 heteroatoms. The quantitative estimate of drug-likeness (QED) is 0.682. The molecule has 0 aliphatic heterocycles. The summed E-state index contributed by atoms with van der Waals surface area (Å²) in [6.07, 6.45) is 1.18. The van der Waals surface area contributed by atoms with E-state index >= 15 is 0 Å². The number of aromatic nitrogens is 1. The molecule has 3 nitrogen and oxygen atoms in total. The van der Waals surface area contributed by atoms with Gasteiger partial charge in [0.25, 0.3) is 0 Å². The van der Waals surface area contributed by atoms with Gasteiger partial charge >= 0.3 is 0 Å². The molecule has 1 aromatic rings. The Hall–Kier alpha value is -0.930. The van der Waals surface area contributed by atoms with E-state index in [1.54, 1.807) is 13.1 Å². The topological polar surface area (TPSA) is 59.1 Å². The predicted octanol–water partition coefficient (Wildman–Crippen LogP) is 0.771. The first-order chi connectivity index (χ1) is 5.61. The normalized spacial score (nSPS) is 15.7. The van der Waals surface area contributed by atoms with E-state index in [1.165, 1.54) is 0 Å². The van der Waals surface area contributed by atoms with Gasteiger partial charge in [-0.1, -0.05) is 0 Å². The van der Waals surface area contributed by atoms with Crippen LogP contribution in [0, 0.1) is 6.92 Å². The Kier molecular flexibility index (Phi) is 2.78. The monoisotopic (exact) mass is 166 g/mol. The maximum atomic E-state index is 9.22. The number of hydrogen-bond acceptors (Lipinski definition) is 3. The summed E-state index contributed by atoms with van der Waals surface area (Å²) < 4.78 is 0. The van der Waals surface area contributed by atoms with Crippen molar-refractivity contribution < 1.29 is 5.11 Å². The van der Waals surface area contributed by atoms with Gasteiger partial charge in [-0.05, 0) is 31.5 Å². The van der Waals surface area contributed by atoms with E-state index in [0.29, 0.717) is 0 Å². The van der Waals surface area contributed by atoms with Crippen LogP contribution in [0.25, 0.3) is 0 Å². The zero-order valence-electron chi connectivity index (χ0n) is 7.36. The van der Waals surface area contributed by atoms with Crippen LogP contribution in [0.4, 0.5) is 0 Å². The molecule has 0 aliphatic carbocycles. The van der Waals surface area contributed by atoms with Gasteiger partial charge in [0.1, 0.15) is 0 Å². The van der Waals surface area contributed by atoms with Crippen LogP contribution in [0.2, 0.25) is 0 Å². The predicted molar refractivity (Wildman–Crippen MR) is 47.6 cm³/mol. The first-order valence-electron chi connectivity index (χ1n) is 3.97. The van der Waals surface area contributed by atoms with Crippen molar-refractivity contribution in [3.8, 4) is 0 Å². The van der Waals surface area contributed by atoms with Gasteiger partial charge in [-0.3, -0.25) is 4.98 Å². The van der Waals surface area contributed by atoms with Crippen molar-refractivity contribution in [3.63, 3.8) is 0 Å². The fraction of sp³-hybridized carbons (Fsp3) is 0.444. The Bertz CT molecular complexity index is 260. The highest BCUT2D eigenvalue weighted by atomic mass is 16.3. The Morgan fingerprint density at radius 3 is 2.75 bits per heavy atom. The van der Waals surface area contributed by atoms with Gasteiger partial charge in [0, 0.05) is 11.9 Å². The second-order valence-electron chi connectivity index (χ2n) is 3.00. The molecule has 0 saturated carbocycles. The summed E-state index contributed by atoms with van der Waals surface area (Å²) in [5, 5.41) is 9.22. The second kappa shape index (κ2) is 3.65. The lowest BCUT2D eigenvalue weighted by molar-refractivity contribution is 0.164. The zero-order valence-corrected chi connectivity index (χ0v) is 7.36. The lowest BCUT2D eigenvalue weighted by atomic mass is 10.0. The van der Waals surface area contributed by atoms with Gasteiger partial charge in [0.15, 0.2) is 0 Å². The molecule has 0 radical (unpaired) electrons. The van der Waals surface area contributed by atoms with Gasteiger partial charge < -0.3 is 10.8 Å². The number of rotatable bonds is 2. The summed E-state index contributed by atoms with van der Waals surface area (Å²) >= 11 is 0. The smallest absolute Gasteiger partial charge is 0.0704 e. The molecule has 0 spiro atoms. The van der Waals surface area contributed by atoms with E-state index in [9.17, 15) is 5.11 Å². The maximum absolute atomic E-state index is 9.22. The van der Waals surface area contributed by atoms with E-state index in [-0.39, 0.29) is 6.04 Å². The minimum absolute atomic E-state index is 0.313. The van der Waals surface area contributed by atoms with Crippen molar-refractivity contribution in [2.75, 3.05) is 0 Å². The van der Waals surface area contributed by atoms with Crippen LogP contribution in [-0.4, -0.2) is 16.2 Å². The Morgan fingerprint density at radius 1 is 1.58 bits per heavy atom. The fourth-order valence-corrected chi connectivity index (χ4v) is 1.05. The van der Waals surface area contributed by atoms with Gasteiger partial charge in [-0.2, -0.15) is 0 Å². The number of nitrogens with zero attached hydrogens (tertiary/aromatic N) is 1. The van der Waals surface area contributed by atoms with Crippen LogP contribution in [0.3, 0.4) is 0 Å². The largest absolute Gasteiger partial charge is 0.391 e. The molecular weight excluding hydrogens is 152 g/mol. The van der Waals surface area contributed by atoms with E-state index in [4.69, 9.17) is 5.73 Å². The van der Waals surface area contributed by atoms with E-state index in [2.05, 4.69) is 4.98 Å². The number of pyridine rings is 1. The first kappa shape index (κ1) is 9.16. The summed E-state index contributed by atoms with van der Waals surface area (Å²) in [6, 6.07) is 3.40. The molecule has 0 saturated heterocycles. The van der Waals surface area contributed by atoms with Crippen molar-refractivity contribution in [3.05, 3.63) is 29.6 Å². The van der Waals surface area contributed by atoms with Gasteiger partial charge in [-0.25, -0.2) is 0 Å². The fourth-order valence-electron chi connectivity index (χ4n) is 1.05. The number of hydrogen-bond donors (Lipinski definition) is 2. The SMILES string of the molecule is Cc1cc([C@@H](N)[C@H](C)O)ccn1. The third-order valence-electron chi connectivity index (χ3n) is 1.83. The van der Waals surface area contributed by atoms with Crippen molar-refractivity contribution in [2.45, 2.75) is 26.0 Å². The molecule has 1 aromatic heterocycles. The van der Waals surface area contributed by atoms with Crippen molar-refractivity contribution in [2.24, 2.45) is 5.73 Å². The molecule has 0 bridgehead atoms. The van der Waals surface area contributed by atoms with Crippen LogP contribution in [-0.2, 0) is 0 Å². The first-order valence-corrected chi connectivity index (χ1v) is 3.97. The summed E-state index contributed by atoms with van der Waals surface area (Å²) in [5.41, 5.74) is 7.58. The van der Waals surface area contributed by atoms with Crippen molar-refractivity contribution in [1.29, 1.82) is 0 Å². The summed E-state index contributed by atoms with van der Waals surface area (Å²) in [6.45, 7) is 3.58. The molecule has 12 heavy (non-hydrogen) atoms. The zero-order chi connectivity index (χ0) is 9.14. The minimum atomic E-state index is -0.521. The third kappa shape index (κ3) is 2.03. The van der Waals surface area contributed by atoms with Crippen LogP contribution >= 0.6 is 0 Å². The highest BCUT2D eigenvalue weighted by molar-refractivity contribution is 5.19.